The van der Waals surface area contributed by atoms with Gasteiger partial charge in [-0.2, -0.15) is 0 Å². The summed E-state index contributed by atoms with van der Waals surface area (Å²) in [6.07, 6.45) is 0.476. The molecule has 6 heteroatoms. The molecule has 0 unspecified atom stereocenters. The zero-order valence-corrected chi connectivity index (χ0v) is 7.54. The zero-order chi connectivity index (χ0) is 10.3. The monoisotopic (exact) mass is 207 g/mol. The summed E-state index contributed by atoms with van der Waals surface area (Å²) in [6, 6.07) is 0. The van der Waals surface area contributed by atoms with Gasteiger partial charge >= 0.3 is 11.9 Å². The number of halogens is 1. The first-order valence-electron chi connectivity index (χ1n) is 3.51. The van der Waals surface area contributed by atoms with Gasteiger partial charge in [0.15, 0.2) is 0 Å². The second-order valence-corrected chi connectivity index (χ2v) is 2.57. The smallest absolute Gasteiger partial charge is 0.330 e. The Morgan fingerprint density at radius 2 is 2.00 bits per heavy atom. The normalized spacial score (nSPS) is 11.0. The van der Waals surface area contributed by atoms with Crippen LogP contribution in [0, 0.1) is 0 Å². The molecule has 0 atom stereocenters. The first-order valence-corrected chi connectivity index (χ1v) is 4.05. The summed E-state index contributed by atoms with van der Waals surface area (Å²) in [6.45, 7) is 0.341. The fourth-order valence-electron chi connectivity index (χ4n) is 0.684. The Balaban J connectivity index is 4.18. The van der Waals surface area contributed by atoms with Crippen LogP contribution in [0.4, 0.5) is 0 Å². The molecule has 0 heterocycles. The van der Waals surface area contributed by atoms with Gasteiger partial charge in [-0.05, 0) is 0 Å². The third kappa shape index (κ3) is 7.14. The summed E-state index contributed by atoms with van der Waals surface area (Å²) in [5.74, 6) is -1.98. The van der Waals surface area contributed by atoms with Crippen LogP contribution in [-0.4, -0.2) is 34.6 Å². The third-order valence-corrected chi connectivity index (χ3v) is 1.27. The van der Waals surface area contributed by atoms with Crippen LogP contribution in [-0.2, 0) is 9.59 Å². The largest absolute Gasteiger partial charge is 0.481 e. The number of carboxylic acid groups (broad SMARTS) is 2. The van der Waals surface area contributed by atoms with E-state index in [-0.39, 0.29) is 18.0 Å². The van der Waals surface area contributed by atoms with Crippen LogP contribution in [0.2, 0.25) is 0 Å². The van der Waals surface area contributed by atoms with Crippen LogP contribution in [0.1, 0.15) is 6.42 Å². The molecule has 5 nitrogen and oxygen atoms in total. The standard InChI is InChI=1S/C7H10ClNO4/c8-1-2-9-5(3-6(10)11)4-7(12)13/h3,9H,1-2,4H2,(H,10,11)(H,12,13)/b5-3-. The van der Waals surface area contributed by atoms with E-state index in [0.717, 1.165) is 6.08 Å². The molecule has 0 fully saturated rings. The van der Waals surface area contributed by atoms with Crippen LogP contribution in [0.3, 0.4) is 0 Å². The minimum atomic E-state index is -1.18. The van der Waals surface area contributed by atoms with E-state index >= 15 is 0 Å². The van der Waals surface area contributed by atoms with Crippen molar-refractivity contribution in [2.24, 2.45) is 0 Å². The lowest BCUT2D eigenvalue weighted by molar-refractivity contribution is -0.136. The topological polar surface area (TPSA) is 86.6 Å². The predicted octanol–water partition coefficient (Wildman–Crippen LogP) is 0.258. The fraction of sp³-hybridized carbons (Fsp3) is 0.429. The van der Waals surface area contributed by atoms with Crippen LogP contribution < -0.4 is 5.32 Å². The molecule has 0 aromatic carbocycles. The van der Waals surface area contributed by atoms with E-state index in [9.17, 15) is 9.59 Å². The van der Waals surface area contributed by atoms with E-state index < -0.39 is 11.9 Å². The highest BCUT2D eigenvalue weighted by atomic mass is 35.5. The molecule has 3 N–H and O–H groups in total. The number of carbonyl (C=O) groups is 2. The molecule has 74 valence electrons. The van der Waals surface area contributed by atoms with Gasteiger partial charge in [0, 0.05) is 24.2 Å². The van der Waals surface area contributed by atoms with Gasteiger partial charge in [-0.3, -0.25) is 4.79 Å². The number of aliphatic carboxylic acids is 2. The van der Waals surface area contributed by atoms with E-state index in [2.05, 4.69) is 5.32 Å². The second-order valence-electron chi connectivity index (χ2n) is 2.19. The molecule has 0 bridgehead atoms. The lowest BCUT2D eigenvalue weighted by Gasteiger charge is -2.05. The van der Waals surface area contributed by atoms with E-state index in [1.807, 2.05) is 0 Å². The van der Waals surface area contributed by atoms with Crippen molar-refractivity contribution >= 4 is 23.5 Å². The van der Waals surface area contributed by atoms with Crippen molar-refractivity contribution in [3.8, 4) is 0 Å². The molecule has 0 aromatic rings. The van der Waals surface area contributed by atoms with Crippen molar-refractivity contribution in [1.82, 2.24) is 5.32 Å². The first kappa shape index (κ1) is 11.8. The summed E-state index contributed by atoms with van der Waals surface area (Å²) in [5, 5.41) is 19.3. The summed E-state index contributed by atoms with van der Waals surface area (Å²) in [7, 11) is 0. The quantitative estimate of drug-likeness (QED) is 0.430. The Labute approximate surface area is 80.0 Å². The van der Waals surface area contributed by atoms with E-state index in [4.69, 9.17) is 21.8 Å². The molecule has 0 saturated heterocycles. The van der Waals surface area contributed by atoms with Gasteiger partial charge in [-0.25, -0.2) is 4.79 Å². The van der Waals surface area contributed by atoms with E-state index in [1.165, 1.54) is 0 Å². The maximum absolute atomic E-state index is 10.2. The van der Waals surface area contributed by atoms with Gasteiger partial charge in [-0.15, -0.1) is 11.6 Å². The lowest BCUT2D eigenvalue weighted by atomic mass is 10.3. The Kier molecular flexibility index (Phi) is 5.71. The van der Waals surface area contributed by atoms with Gasteiger partial charge in [-0.1, -0.05) is 0 Å². The highest BCUT2D eigenvalue weighted by Crippen LogP contribution is 1.96. The van der Waals surface area contributed by atoms with Gasteiger partial charge in [0.25, 0.3) is 0 Å². The molecule has 0 saturated carbocycles. The van der Waals surface area contributed by atoms with Gasteiger partial charge in [0.1, 0.15) is 0 Å². The summed E-state index contributed by atoms with van der Waals surface area (Å²) in [4.78, 5) is 20.5. The van der Waals surface area contributed by atoms with Crippen molar-refractivity contribution < 1.29 is 19.8 Å². The number of rotatable bonds is 6. The van der Waals surface area contributed by atoms with Gasteiger partial charge < -0.3 is 15.5 Å². The SMILES string of the molecule is O=C(O)/C=C(/CC(=O)O)NCCCl. The summed E-state index contributed by atoms with van der Waals surface area (Å²) in [5.41, 5.74) is 0.139. The van der Waals surface area contributed by atoms with Gasteiger partial charge in [0.05, 0.1) is 6.42 Å². The summed E-state index contributed by atoms with van der Waals surface area (Å²) >= 11 is 5.33. The van der Waals surface area contributed by atoms with Crippen molar-refractivity contribution in [3.05, 3.63) is 11.8 Å². The predicted molar refractivity (Wildman–Crippen MR) is 46.7 cm³/mol. The minimum Gasteiger partial charge on any atom is -0.481 e. The fourth-order valence-corrected chi connectivity index (χ4v) is 0.779. The molecule has 0 aliphatic heterocycles. The summed E-state index contributed by atoms with van der Waals surface area (Å²) < 4.78 is 0. The zero-order valence-electron chi connectivity index (χ0n) is 6.79. The molecule has 13 heavy (non-hydrogen) atoms. The molecule has 0 aliphatic carbocycles. The molecule has 0 amide bonds. The van der Waals surface area contributed by atoms with Crippen molar-refractivity contribution in [3.63, 3.8) is 0 Å². The van der Waals surface area contributed by atoms with Crippen molar-refractivity contribution in [2.75, 3.05) is 12.4 Å². The number of alkyl halides is 1. The number of hydrogen-bond donors (Lipinski definition) is 3. The van der Waals surface area contributed by atoms with Crippen LogP contribution >= 0.6 is 11.6 Å². The van der Waals surface area contributed by atoms with Crippen LogP contribution in [0.15, 0.2) is 11.8 Å². The van der Waals surface area contributed by atoms with Gasteiger partial charge in [0.2, 0.25) is 0 Å². The average Bonchev–Trinajstić information content (AvgIpc) is 1.98. The second kappa shape index (κ2) is 6.30. The Morgan fingerprint density at radius 3 is 2.38 bits per heavy atom. The Morgan fingerprint density at radius 1 is 1.38 bits per heavy atom. The molecule has 0 rings (SSSR count). The van der Waals surface area contributed by atoms with Crippen LogP contribution in [0.5, 0.6) is 0 Å². The maximum atomic E-state index is 10.2. The average molecular weight is 208 g/mol. The Bertz CT molecular complexity index is 227. The number of hydrogen-bond acceptors (Lipinski definition) is 3. The maximum Gasteiger partial charge on any atom is 0.330 e. The molecular formula is C7H10ClNO4. The van der Waals surface area contributed by atoms with Crippen molar-refractivity contribution in [2.45, 2.75) is 6.42 Å². The molecule has 0 spiro atoms. The first-order chi connectivity index (χ1) is 6.06. The van der Waals surface area contributed by atoms with E-state index in [1.54, 1.807) is 0 Å². The highest BCUT2D eigenvalue weighted by Gasteiger charge is 2.04. The minimum absolute atomic E-state index is 0.139. The van der Waals surface area contributed by atoms with Crippen LogP contribution in [0.25, 0.3) is 0 Å². The molecule has 0 aromatic heterocycles. The number of nitrogens with one attached hydrogen (secondary N) is 1. The molecule has 0 aliphatic rings. The highest BCUT2D eigenvalue weighted by molar-refractivity contribution is 6.18. The lowest BCUT2D eigenvalue weighted by Crippen LogP contribution is -2.19. The molecular weight excluding hydrogens is 198 g/mol. The van der Waals surface area contributed by atoms with Crippen molar-refractivity contribution in [1.29, 1.82) is 0 Å². The Hall–Kier alpha value is -1.23. The molecule has 0 radical (unpaired) electrons. The number of carboxylic acids is 2. The van der Waals surface area contributed by atoms with E-state index in [0.29, 0.717) is 6.54 Å². The third-order valence-electron chi connectivity index (χ3n) is 1.09.